The van der Waals surface area contributed by atoms with E-state index >= 15 is 0 Å². The number of anilines is 1. The van der Waals surface area contributed by atoms with E-state index in [1.54, 1.807) is 47.4 Å². The summed E-state index contributed by atoms with van der Waals surface area (Å²) in [7, 11) is -1.56. The maximum Gasteiger partial charge on any atom is 0.259 e. The lowest BCUT2D eigenvalue weighted by Crippen LogP contribution is -2.33. The molecule has 1 aliphatic rings. The smallest absolute Gasteiger partial charge is 0.259 e. The van der Waals surface area contributed by atoms with Gasteiger partial charge in [-0.25, -0.2) is 4.21 Å². The average molecular weight is 509 g/mol. The Morgan fingerprint density at radius 2 is 1.49 bits per heavy atom. The molecule has 1 aliphatic heterocycles. The van der Waals surface area contributed by atoms with Gasteiger partial charge in [-0.05, 0) is 61.2 Å². The largest absolute Gasteiger partial charge is 0.350 e. The highest BCUT2D eigenvalue weighted by Gasteiger charge is 2.31. The number of rotatable bonds is 7. The molecule has 1 heterocycles. The molecule has 1 N–H and O–H groups in total. The third-order valence-corrected chi connectivity index (χ3v) is 8.04. The second kappa shape index (κ2) is 10.9. The lowest BCUT2D eigenvalue weighted by molar-refractivity contribution is 0.0935. The van der Waals surface area contributed by atoms with Crippen LogP contribution in [0.25, 0.3) is 0 Å². The molecule has 0 aromatic heterocycles. The van der Waals surface area contributed by atoms with Crippen molar-refractivity contribution in [2.75, 3.05) is 4.90 Å². The fraction of sp³-hybridized carbons (Fsp3) is 0.161. The third kappa shape index (κ3) is 5.39. The van der Waals surface area contributed by atoms with Crippen molar-refractivity contribution >= 4 is 28.3 Å². The number of hydrogen-bond donors (Lipinski definition) is 1. The minimum Gasteiger partial charge on any atom is -0.350 e. The molecule has 37 heavy (non-hydrogen) atoms. The highest BCUT2D eigenvalue weighted by molar-refractivity contribution is 7.85. The van der Waals surface area contributed by atoms with Crippen LogP contribution in [0.15, 0.2) is 113 Å². The molecule has 186 valence electrons. The summed E-state index contributed by atoms with van der Waals surface area (Å²) in [5, 5.41) is 3.07. The van der Waals surface area contributed by atoms with E-state index in [1.165, 1.54) is 5.56 Å². The number of carbonyl (C=O) groups excluding carboxylic acids is 2. The molecule has 4 aromatic rings. The van der Waals surface area contributed by atoms with Crippen LogP contribution in [0, 0.1) is 0 Å². The molecule has 0 saturated carbocycles. The number of benzene rings is 4. The van der Waals surface area contributed by atoms with E-state index in [4.69, 9.17) is 0 Å². The SMILES string of the molecule is CC(CCc1ccccc1)NC(=O)c1ccc2c(c1)N(Cc1ccccc1)C(=O)c1ccccc1S2=O. The molecule has 5 rings (SSSR count). The van der Waals surface area contributed by atoms with Gasteiger partial charge in [-0.3, -0.25) is 9.59 Å². The second-order valence-electron chi connectivity index (χ2n) is 9.22. The molecule has 0 fully saturated rings. The van der Waals surface area contributed by atoms with Crippen molar-refractivity contribution in [3.8, 4) is 0 Å². The van der Waals surface area contributed by atoms with Crippen molar-refractivity contribution in [1.82, 2.24) is 5.32 Å². The van der Waals surface area contributed by atoms with Gasteiger partial charge in [0.15, 0.2) is 0 Å². The highest BCUT2D eigenvalue weighted by Crippen LogP contribution is 2.36. The molecule has 4 aromatic carbocycles. The van der Waals surface area contributed by atoms with E-state index in [0.717, 1.165) is 18.4 Å². The van der Waals surface area contributed by atoms with Gasteiger partial charge in [0.05, 0.1) is 38.4 Å². The van der Waals surface area contributed by atoms with E-state index in [-0.39, 0.29) is 17.9 Å². The molecule has 0 saturated heterocycles. The summed E-state index contributed by atoms with van der Waals surface area (Å²) in [5.74, 6) is -0.455. The third-order valence-electron chi connectivity index (χ3n) is 6.54. The summed E-state index contributed by atoms with van der Waals surface area (Å²) in [4.78, 5) is 29.5. The van der Waals surface area contributed by atoms with Crippen LogP contribution in [0.4, 0.5) is 5.69 Å². The number of aryl methyl sites for hydroxylation is 1. The van der Waals surface area contributed by atoms with Crippen molar-refractivity contribution in [3.63, 3.8) is 0 Å². The summed E-state index contributed by atoms with van der Waals surface area (Å²) in [6.07, 6.45) is 1.67. The Bertz CT molecular complexity index is 1450. The highest BCUT2D eigenvalue weighted by atomic mass is 32.2. The van der Waals surface area contributed by atoms with Gasteiger partial charge in [0.25, 0.3) is 11.8 Å². The Morgan fingerprint density at radius 3 is 2.22 bits per heavy atom. The normalized spacial score (nSPS) is 15.3. The van der Waals surface area contributed by atoms with E-state index in [1.807, 2.05) is 55.5 Å². The van der Waals surface area contributed by atoms with Gasteiger partial charge in [-0.1, -0.05) is 72.8 Å². The second-order valence-corrected chi connectivity index (χ2v) is 10.6. The van der Waals surface area contributed by atoms with Crippen LogP contribution in [0.5, 0.6) is 0 Å². The molecule has 2 amide bonds. The summed E-state index contributed by atoms with van der Waals surface area (Å²) in [6, 6.07) is 31.9. The monoisotopic (exact) mass is 508 g/mol. The maximum absolute atomic E-state index is 13.7. The molecule has 2 atom stereocenters. The lowest BCUT2D eigenvalue weighted by Gasteiger charge is -2.24. The van der Waals surface area contributed by atoms with Crippen LogP contribution in [-0.2, 0) is 23.8 Å². The van der Waals surface area contributed by atoms with E-state index in [9.17, 15) is 13.8 Å². The quantitative estimate of drug-likeness (QED) is 0.345. The Morgan fingerprint density at radius 1 is 0.838 bits per heavy atom. The van der Waals surface area contributed by atoms with Crippen molar-refractivity contribution < 1.29 is 13.8 Å². The number of carbonyl (C=O) groups is 2. The number of amides is 2. The van der Waals surface area contributed by atoms with Gasteiger partial charge in [0.1, 0.15) is 0 Å². The number of fused-ring (bicyclic) bond motifs is 2. The molecule has 0 aliphatic carbocycles. The predicted octanol–water partition coefficient (Wildman–Crippen LogP) is 5.76. The molecule has 0 radical (unpaired) electrons. The first kappa shape index (κ1) is 24.7. The zero-order chi connectivity index (χ0) is 25.8. The van der Waals surface area contributed by atoms with Gasteiger partial charge < -0.3 is 10.2 Å². The van der Waals surface area contributed by atoms with Crippen LogP contribution in [0.1, 0.15) is 45.2 Å². The van der Waals surface area contributed by atoms with Gasteiger partial charge in [0, 0.05) is 11.6 Å². The first-order valence-electron chi connectivity index (χ1n) is 12.4. The van der Waals surface area contributed by atoms with Crippen LogP contribution in [0.3, 0.4) is 0 Å². The number of hydrogen-bond acceptors (Lipinski definition) is 3. The predicted molar refractivity (Wildman–Crippen MR) is 146 cm³/mol. The Kier molecular flexibility index (Phi) is 7.28. The van der Waals surface area contributed by atoms with Crippen LogP contribution >= 0.6 is 0 Å². The molecule has 2 unspecified atom stereocenters. The molecular weight excluding hydrogens is 480 g/mol. The first-order chi connectivity index (χ1) is 18.0. The standard InChI is InChI=1S/C31H28N2O3S/c1-22(16-17-23-10-4-2-5-11-23)32-30(34)25-18-19-29-27(20-25)33(21-24-12-6-3-7-13-24)31(35)26-14-8-9-15-28(26)37(29)36/h2-15,18-20,22H,16-17,21H2,1H3,(H,32,34). The van der Waals surface area contributed by atoms with E-state index < -0.39 is 10.8 Å². The topological polar surface area (TPSA) is 66.5 Å². The Balaban J connectivity index is 1.44. The van der Waals surface area contributed by atoms with Crippen molar-refractivity contribution in [2.45, 2.75) is 42.1 Å². The zero-order valence-electron chi connectivity index (χ0n) is 20.6. The fourth-order valence-electron chi connectivity index (χ4n) is 4.53. The first-order valence-corrected chi connectivity index (χ1v) is 13.5. The zero-order valence-corrected chi connectivity index (χ0v) is 21.4. The van der Waals surface area contributed by atoms with Crippen LogP contribution < -0.4 is 10.2 Å². The minimum absolute atomic E-state index is 0.0352. The molecule has 0 bridgehead atoms. The summed E-state index contributed by atoms with van der Waals surface area (Å²) >= 11 is 0. The van der Waals surface area contributed by atoms with Gasteiger partial charge in [-0.15, -0.1) is 0 Å². The summed E-state index contributed by atoms with van der Waals surface area (Å²) in [5.41, 5.74) is 3.50. The van der Waals surface area contributed by atoms with Crippen molar-refractivity contribution in [2.24, 2.45) is 0 Å². The number of nitrogens with zero attached hydrogens (tertiary/aromatic N) is 1. The average Bonchev–Trinajstić information content (AvgIpc) is 3.02. The summed E-state index contributed by atoms with van der Waals surface area (Å²) in [6.45, 7) is 2.29. The van der Waals surface area contributed by atoms with Crippen LogP contribution in [-0.4, -0.2) is 22.1 Å². The Hall–Kier alpha value is -4.03. The Labute approximate surface area is 219 Å². The van der Waals surface area contributed by atoms with Gasteiger partial charge in [0.2, 0.25) is 0 Å². The van der Waals surface area contributed by atoms with E-state index in [2.05, 4.69) is 17.4 Å². The molecule has 0 spiro atoms. The molecule has 6 heteroatoms. The maximum atomic E-state index is 13.7. The summed E-state index contributed by atoms with van der Waals surface area (Å²) < 4.78 is 13.6. The minimum atomic E-state index is -1.56. The van der Waals surface area contributed by atoms with Gasteiger partial charge >= 0.3 is 0 Å². The van der Waals surface area contributed by atoms with Gasteiger partial charge in [-0.2, -0.15) is 0 Å². The fourth-order valence-corrected chi connectivity index (χ4v) is 5.88. The van der Waals surface area contributed by atoms with Crippen molar-refractivity contribution in [1.29, 1.82) is 0 Å². The van der Waals surface area contributed by atoms with Crippen LogP contribution in [0.2, 0.25) is 0 Å². The lowest BCUT2D eigenvalue weighted by atomic mass is 10.1. The van der Waals surface area contributed by atoms with E-state index in [0.29, 0.717) is 33.2 Å². The molecular formula is C31H28N2O3S. The number of nitrogens with one attached hydrogen (secondary N) is 1. The van der Waals surface area contributed by atoms with Crippen molar-refractivity contribution in [3.05, 3.63) is 125 Å². The molecule has 5 nitrogen and oxygen atoms in total.